The van der Waals surface area contributed by atoms with Crippen molar-refractivity contribution in [3.8, 4) is 0 Å². The summed E-state index contributed by atoms with van der Waals surface area (Å²) >= 11 is 5.25. The van der Waals surface area contributed by atoms with Crippen LogP contribution in [-0.2, 0) is 4.74 Å². The molecule has 1 saturated carbocycles. The maximum absolute atomic E-state index is 5.30. The first kappa shape index (κ1) is 10.1. The van der Waals surface area contributed by atoms with Gasteiger partial charge in [0, 0.05) is 18.0 Å². The summed E-state index contributed by atoms with van der Waals surface area (Å²) in [6.07, 6.45) is 2.22. The minimum Gasteiger partial charge on any atom is -0.376 e. The number of ether oxygens (including phenoxy) is 1. The molecule has 0 radical (unpaired) electrons. The highest BCUT2D eigenvalue weighted by Crippen LogP contribution is 2.24. The Hall–Kier alpha value is 0.01000. The molecule has 1 N–H and O–H groups in total. The summed E-state index contributed by atoms with van der Waals surface area (Å²) in [5.74, 6) is 0.647. The van der Waals surface area contributed by atoms with Gasteiger partial charge >= 0.3 is 0 Å². The predicted molar refractivity (Wildman–Crippen MR) is 54.6 cm³/mol. The molecule has 1 aliphatic carbocycles. The third-order valence-corrected chi connectivity index (χ3v) is 3.12. The van der Waals surface area contributed by atoms with Gasteiger partial charge in [0.1, 0.15) is 0 Å². The lowest BCUT2D eigenvalue weighted by atomic mass is 9.84. The molecule has 0 saturated heterocycles. The van der Waals surface area contributed by atoms with Crippen LogP contribution in [0.4, 0.5) is 0 Å². The Morgan fingerprint density at radius 3 is 2.75 bits per heavy atom. The molecule has 0 spiro atoms. The monoisotopic (exact) mass is 187 g/mol. The highest BCUT2D eigenvalue weighted by atomic mass is 32.1. The highest BCUT2D eigenvalue weighted by molar-refractivity contribution is 7.80. The van der Waals surface area contributed by atoms with Gasteiger partial charge < -0.3 is 10.1 Å². The van der Waals surface area contributed by atoms with Crippen LogP contribution in [0.2, 0.25) is 0 Å². The number of methoxy groups -OCH3 is 1. The van der Waals surface area contributed by atoms with Gasteiger partial charge in [-0.25, -0.2) is 0 Å². The molecule has 3 heteroatoms. The highest BCUT2D eigenvalue weighted by Gasteiger charge is 2.29. The van der Waals surface area contributed by atoms with E-state index < -0.39 is 0 Å². The molecule has 2 nitrogen and oxygen atoms in total. The van der Waals surface area contributed by atoms with E-state index in [9.17, 15) is 0 Å². The van der Waals surface area contributed by atoms with Crippen LogP contribution in [0.25, 0.3) is 0 Å². The molecule has 0 aliphatic heterocycles. The first-order chi connectivity index (χ1) is 5.69. The van der Waals surface area contributed by atoms with E-state index in [0.717, 1.165) is 17.7 Å². The quantitative estimate of drug-likeness (QED) is 0.660. The van der Waals surface area contributed by atoms with Crippen LogP contribution in [0.15, 0.2) is 0 Å². The van der Waals surface area contributed by atoms with Crippen molar-refractivity contribution in [1.82, 2.24) is 5.32 Å². The average molecular weight is 187 g/mol. The fourth-order valence-electron chi connectivity index (χ4n) is 1.82. The van der Waals surface area contributed by atoms with E-state index >= 15 is 0 Å². The minimum atomic E-state index is 0.189. The van der Waals surface area contributed by atoms with Crippen molar-refractivity contribution in [3.05, 3.63) is 0 Å². The van der Waals surface area contributed by atoms with E-state index in [1.165, 1.54) is 0 Å². The second-order valence-corrected chi connectivity index (χ2v) is 4.03. The standard InChI is InChI=1S/C9H17NOS/c1-6-4-9(12)8(11-3)5-7(6)10-2/h6-8,10H,4-5H2,1-3H3. The van der Waals surface area contributed by atoms with Gasteiger partial charge in [-0.1, -0.05) is 19.1 Å². The Balaban J connectivity index is 2.56. The van der Waals surface area contributed by atoms with Crippen molar-refractivity contribution in [2.45, 2.75) is 31.9 Å². The first-order valence-electron chi connectivity index (χ1n) is 4.41. The third kappa shape index (κ3) is 2.03. The molecule has 0 bridgehead atoms. The largest absolute Gasteiger partial charge is 0.376 e. The Morgan fingerprint density at radius 2 is 2.25 bits per heavy atom. The first-order valence-corrected chi connectivity index (χ1v) is 4.82. The van der Waals surface area contributed by atoms with Gasteiger partial charge in [-0.2, -0.15) is 0 Å². The lowest BCUT2D eigenvalue weighted by Crippen LogP contribution is -2.44. The van der Waals surface area contributed by atoms with Crippen LogP contribution in [-0.4, -0.2) is 31.2 Å². The van der Waals surface area contributed by atoms with E-state index in [4.69, 9.17) is 17.0 Å². The molecule has 0 amide bonds. The van der Waals surface area contributed by atoms with Gasteiger partial charge in [0.05, 0.1) is 6.10 Å². The summed E-state index contributed by atoms with van der Waals surface area (Å²) in [5, 5.41) is 3.30. The summed E-state index contributed by atoms with van der Waals surface area (Å²) in [5.41, 5.74) is 0. The van der Waals surface area contributed by atoms with Crippen LogP contribution >= 0.6 is 12.2 Å². The molecule has 1 rings (SSSR count). The Labute approximate surface area is 79.7 Å². The van der Waals surface area contributed by atoms with Crippen LogP contribution in [0, 0.1) is 5.92 Å². The number of nitrogens with one attached hydrogen (secondary N) is 1. The second-order valence-electron chi connectivity index (χ2n) is 3.50. The molecular weight excluding hydrogens is 170 g/mol. The summed E-state index contributed by atoms with van der Waals surface area (Å²) in [6.45, 7) is 2.24. The molecule has 70 valence electrons. The summed E-state index contributed by atoms with van der Waals surface area (Å²) in [6, 6.07) is 0.557. The van der Waals surface area contributed by atoms with E-state index in [1.807, 2.05) is 7.05 Å². The van der Waals surface area contributed by atoms with Crippen molar-refractivity contribution >= 4 is 17.1 Å². The van der Waals surface area contributed by atoms with E-state index in [-0.39, 0.29) is 6.10 Å². The van der Waals surface area contributed by atoms with Gasteiger partial charge in [-0.3, -0.25) is 0 Å². The second kappa shape index (κ2) is 4.30. The number of hydrogen-bond acceptors (Lipinski definition) is 3. The van der Waals surface area contributed by atoms with Crippen LogP contribution in [0.1, 0.15) is 19.8 Å². The molecular formula is C9H17NOS. The molecule has 1 aliphatic rings. The Morgan fingerprint density at radius 1 is 1.58 bits per heavy atom. The SMILES string of the molecule is CNC1CC(OC)C(=S)CC1C. The van der Waals surface area contributed by atoms with Crippen molar-refractivity contribution in [3.63, 3.8) is 0 Å². The van der Waals surface area contributed by atoms with Crippen LogP contribution in [0.5, 0.6) is 0 Å². The summed E-state index contributed by atoms with van der Waals surface area (Å²) < 4.78 is 5.30. The zero-order chi connectivity index (χ0) is 9.14. The van der Waals surface area contributed by atoms with Crippen molar-refractivity contribution in [2.75, 3.05) is 14.2 Å². The van der Waals surface area contributed by atoms with Gasteiger partial charge in [0.15, 0.2) is 0 Å². The third-order valence-electron chi connectivity index (χ3n) is 2.69. The van der Waals surface area contributed by atoms with E-state index in [0.29, 0.717) is 12.0 Å². The summed E-state index contributed by atoms with van der Waals surface area (Å²) in [7, 11) is 3.74. The van der Waals surface area contributed by atoms with Gasteiger partial charge in [0.25, 0.3) is 0 Å². The van der Waals surface area contributed by atoms with Crippen LogP contribution < -0.4 is 5.32 Å². The van der Waals surface area contributed by atoms with Crippen molar-refractivity contribution in [2.24, 2.45) is 5.92 Å². The molecule has 0 heterocycles. The smallest absolute Gasteiger partial charge is 0.0898 e. The number of hydrogen-bond donors (Lipinski definition) is 1. The molecule has 0 aromatic heterocycles. The maximum Gasteiger partial charge on any atom is 0.0898 e. The van der Waals surface area contributed by atoms with Gasteiger partial charge in [-0.15, -0.1) is 0 Å². The average Bonchev–Trinajstić information content (AvgIpc) is 2.05. The van der Waals surface area contributed by atoms with E-state index in [1.54, 1.807) is 7.11 Å². The minimum absolute atomic E-state index is 0.189. The Bertz CT molecular complexity index is 172. The lowest BCUT2D eigenvalue weighted by molar-refractivity contribution is 0.118. The summed E-state index contributed by atoms with van der Waals surface area (Å²) in [4.78, 5) is 1.08. The predicted octanol–water partition coefficient (Wildman–Crippen LogP) is 1.39. The van der Waals surface area contributed by atoms with E-state index in [2.05, 4.69) is 12.2 Å². The molecule has 3 unspecified atom stereocenters. The topological polar surface area (TPSA) is 21.3 Å². The van der Waals surface area contributed by atoms with Crippen molar-refractivity contribution in [1.29, 1.82) is 0 Å². The number of thiocarbonyl (C=S) groups is 1. The fraction of sp³-hybridized carbons (Fsp3) is 0.889. The molecule has 1 fully saturated rings. The molecule has 3 atom stereocenters. The van der Waals surface area contributed by atoms with Gasteiger partial charge in [-0.05, 0) is 25.8 Å². The van der Waals surface area contributed by atoms with Crippen LogP contribution in [0.3, 0.4) is 0 Å². The van der Waals surface area contributed by atoms with Gasteiger partial charge in [0.2, 0.25) is 0 Å². The van der Waals surface area contributed by atoms with Crippen molar-refractivity contribution < 1.29 is 4.74 Å². The molecule has 0 aromatic carbocycles. The molecule has 0 aromatic rings. The fourth-order valence-corrected chi connectivity index (χ4v) is 2.27. The Kier molecular flexibility index (Phi) is 3.62. The normalized spacial score (nSPS) is 36.9. The number of rotatable bonds is 2. The zero-order valence-electron chi connectivity index (χ0n) is 7.96. The maximum atomic E-state index is 5.30. The lowest BCUT2D eigenvalue weighted by Gasteiger charge is -2.33. The zero-order valence-corrected chi connectivity index (χ0v) is 8.78. The molecule has 12 heavy (non-hydrogen) atoms.